The van der Waals surface area contributed by atoms with Gasteiger partial charge in [0.1, 0.15) is 12.9 Å². The Labute approximate surface area is 200 Å². The fourth-order valence-electron chi connectivity index (χ4n) is 2.52. The van der Waals surface area contributed by atoms with E-state index in [1.165, 1.54) is 6.42 Å². The van der Waals surface area contributed by atoms with Gasteiger partial charge >= 0.3 is 0 Å². The zero-order valence-electron chi connectivity index (χ0n) is 20.7. The Morgan fingerprint density at radius 1 is 0.455 bits per heavy atom. The largest absolute Gasteiger partial charge is 0.512 e. The Kier molecular flexibility index (Phi) is 30.2. The van der Waals surface area contributed by atoms with Crippen molar-refractivity contribution in [3.8, 4) is 0 Å². The third-order valence-electron chi connectivity index (χ3n) is 4.41. The van der Waals surface area contributed by atoms with E-state index in [9.17, 15) is 0 Å². The Hall–Kier alpha value is -0.940. The van der Waals surface area contributed by atoms with Crippen molar-refractivity contribution in [3.05, 3.63) is 12.5 Å². The number of aliphatic hydroxyl groups is 1. The quantitative estimate of drug-likeness (QED) is 0.0694. The molecule has 33 heavy (non-hydrogen) atoms. The van der Waals surface area contributed by atoms with Crippen molar-refractivity contribution in [3.63, 3.8) is 0 Å². The summed E-state index contributed by atoms with van der Waals surface area (Å²) in [5.74, 6) is 0. The standard InChI is InChI=1S/C24H48O9/c1-2-3-13-26-17-8-10-20-30-31-21-11-9-18-28-15-5-4-14-27-16-6-7-19-29-23-24-33-32-22-12-25/h12,22,25H,2-11,13-21,23-24H2,1H3/b22-12+. The van der Waals surface area contributed by atoms with Gasteiger partial charge < -0.3 is 28.9 Å². The monoisotopic (exact) mass is 480 g/mol. The van der Waals surface area contributed by atoms with Crippen molar-refractivity contribution >= 4 is 0 Å². The minimum absolute atomic E-state index is 0.320. The molecule has 9 heteroatoms. The average Bonchev–Trinajstić information content (AvgIpc) is 2.83. The highest BCUT2D eigenvalue weighted by molar-refractivity contribution is 4.52. The van der Waals surface area contributed by atoms with Crippen molar-refractivity contribution in [1.82, 2.24) is 0 Å². The molecule has 0 saturated carbocycles. The van der Waals surface area contributed by atoms with Gasteiger partial charge in [-0.05, 0) is 57.8 Å². The smallest absolute Gasteiger partial charge is 0.163 e. The summed E-state index contributed by atoms with van der Waals surface area (Å²) < 4.78 is 22.1. The lowest BCUT2D eigenvalue weighted by Crippen LogP contribution is -2.06. The van der Waals surface area contributed by atoms with Crippen LogP contribution in [0.3, 0.4) is 0 Å². The third kappa shape index (κ3) is 31.1. The number of rotatable bonds is 29. The first-order valence-corrected chi connectivity index (χ1v) is 12.5. The Morgan fingerprint density at radius 2 is 0.848 bits per heavy atom. The zero-order chi connectivity index (χ0) is 23.9. The molecule has 0 fully saturated rings. The second kappa shape index (κ2) is 31.1. The van der Waals surface area contributed by atoms with Gasteiger partial charge in [-0.2, -0.15) is 4.89 Å². The van der Waals surface area contributed by atoms with Gasteiger partial charge in [0.15, 0.2) is 6.26 Å². The van der Waals surface area contributed by atoms with Gasteiger partial charge in [-0.15, -0.1) is 0 Å². The van der Waals surface area contributed by atoms with Crippen LogP contribution in [0, 0.1) is 0 Å². The van der Waals surface area contributed by atoms with Crippen molar-refractivity contribution in [2.45, 2.75) is 71.1 Å². The van der Waals surface area contributed by atoms with Crippen LogP contribution in [-0.4, -0.2) is 77.8 Å². The summed E-state index contributed by atoms with van der Waals surface area (Å²) in [5, 5.41) is 8.32. The molecule has 0 spiro atoms. The molecule has 0 atom stereocenters. The van der Waals surface area contributed by atoms with Crippen LogP contribution >= 0.6 is 0 Å². The minimum atomic E-state index is 0.320. The zero-order valence-corrected chi connectivity index (χ0v) is 20.7. The summed E-state index contributed by atoms with van der Waals surface area (Å²) in [5.41, 5.74) is 0. The molecule has 0 saturated heterocycles. The van der Waals surface area contributed by atoms with Crippen molar-refractivity contribution < 1.29 is 43.6 Å². The predicted octanol–water partition coefficient (Wildman–Crippen LogP) is 4.90. The molecule has 0 aliphatic rings. The van der Waals surface area contributed by atoms with Crippen LogP contribution in [0.2, 0.25) is 0 Å². The minimum Gasteiger partial charge on any atom is -0.512 e. The lowest BCUT2D eigenvalue weighted by molar-refractivity contribution is -0.295. The van der Waals surface area contributed by atoms with Gasteiger partial charge in [0.2, 0.25) is 0 Å². The first kappa shape index (κ1) is 32.1. The maximum atomic E-state index is 8.32. The van der Waals surface area contributed by atoms with Crippen LogP contribution in [0.4, 0.5) is 0 Å². The molecule has 0 aliphatic carbocycles. The molecule has 0 rings (SSSR count). The van der Waals surface area contributed by atoms with Gasteiger partial charge in [-0.3, -0.25) is 0 Å². The molecule has 0 unspecified atom stereocenters. The molecule has 0 aromatic heterocycles. The second-order valence-corrected chi connectivity index (χ2v) is 7.48. The van der Waals surface area contributed by atoms with Gasteiger partial charge in [0.25, 0.3) is 0 Å². The van der Waals surface area contributed by atoms with Crippen molar-refractivity contribution in [2.75, 3.05) is 72.7 Å². The molecular formula is C24H48O9. The van der Waals surface area contributed by atoms with Crippen LogP contribution < -0.4 is 0 Å². The van der Waals surface area contributed by atoms with Crippen LogP contribution in [0.1, 0.15) is 71.1 Å². The molecule has 0 amide bonds. The lowest BCUT2D eigenvalue weighted by Gasteiger charge is -2.07. The van der Waals surface area contributed by atoms with E-state index in [4.69, 9.17) is 38.7 Å². The lowest BCUT2D eigenvalue weighted by atomic mass is 10.3. The molecule has 0 aliphatic heterocycles. The molecule has 198 valence electrons. The normalized spacial score (nSPS) is 11.5. The number of unbranched alkanes of at least 4 members (excludes halogenated alkanes) is 5. The second-order valence-electron chi connectivity index (χ2n) is 7.48. The highest BCUT2D eigenvalue weighted by Crippen LogP contribution is 1.99. The van der Waals surface area contributed by atoms with E-state index in [-0.39, 0.29) is 0 Å². The van der Waals surface area contributed by atoms with Crippen molar-refractivity contribution in [1.29, 1.82) is 0 Å². The SMILES string of the molecule is CCCCOCCCCOOCCCCOCCCCOCCCCOCCOO/C=C/O. The van der Waals surface area contributed by atoms with E-state index < -0.39 is 0 Å². The first-order valence-electron chi connectivity index (χ1n) is 12.5. The summed E-state index contributed by atoms with van der Waals surface area (Å²) in [6.45, 7) is 9.56. The number of ether oxygens (including phenoxy) is 4. The highest BCUT2D eigenvalue weighted by atomic mass is 17.2. The Morgan fingerprint density at radius 3 is 1.27 bits per heavy atom. The number of hydrogen-bond donors (Lipinski definition) is 1. The van der Waals surface area contributed by atoms with Gasteiger partial charge in [-0.25, -0.2) is 9.78 Å². The Balaban J connectivity index is 3.00. The molecule has 0 aromatic carbocycles. The number of hydrogen-bond acceptors (Lipinski definition) is 9. The van der Waals surface area contributed by atoms with Crippen LogP contribution in [0.25, 0.3) is 0 Å². The topological polar surface area (TPSA) is 94.1 Å². The molecule has 1 N–H and O–H groups in total. The van der Waals surface area contributed by atoms with Gasteiger partial charge in [-0.1, -0.05) is 13.3 Å². The molecular weight excluding hydrogens is 432 g/mol. The predicted molar refractivity (Wildman–Crippen MR) is 126 cm³/mol. The summed E-state index contributed by atoms with van der Waals surface area (Å²) >= 11 is 0. The summed E-state index contributed by atoms with van der Waals surface area (Å²) in [6.07, 6.45) is 12.0. The van der Waals surface area contributed by atoms with Crippen molar-refractivity contribution in [2.24, 2.45) is 0 Å². The molecule has 0 heterocycles. The van der Waals surface area contributed by atoms with E-state index in [2.05, 4.69) is 11.8 Å². The summed E-state index contributed by atoms with van der Waals surface area (Å²) in [4.78, 5) is 19.5. The fourth-order valence-corrected chi connectivity index (χ4v) is 2.52. The maximum Gasteiger partial charge on any atom is 0.163 e. The fraction of sp³-hybridized carbons (Fsp3) is 0.917. The third-order valence-corrected chi connectivity index (χ3v) is 4.41. The van der Waals surface area contributed by atoms with Gasteiger partial charge in [0.05, 0.1) is 19.8 Å². The molecule has 0 radical (unpaired) electrons. The molecule has 0 aromatic rings. The first-order chi connectivity index (χ1) is 16.4. The molecule has 0 bridgehead atoms. The van der Waals surface area contributed by atoms with E-state index in [0.717, 1.165) is 110 Å². The maximum absolute atomic E-state index is 8.32. The Bertz CT molecular complexity index is 370. The summed E-state index contributed by atoms with van der Waals surface area (Å²) in [7, 11) is 0. The summed E-state index contributed by atoms with van der Waals surface area (Å²) in [6, 6.07) is 0. The average molecular weight is 481 g/mol. The van der Waals surface area contributed by atoms with E-state index in [1.807, 2.05) is 0 Å². The van der Waals surface area contributed by atoms with Crippen LogP contribution in [-0.2, 0) is 38.5 Å². The number of aliphatic hydroxyl groups excluding tert-OH is 1. The van der Waals surface area contributed by atoms with Crippen LogP contribution in [0.15, 0.2) is 12.5 Å². The van der Waals surface area contributed by atoms with E-state index in [1.54, 1.807) is 0 Å². The van der Waals surface area contributed by atoms with E-state index >= 15 is 0 Å². The van der Waals surface area contributed by atoms with E-state index in [0.29, 0.717) is 33.0 Å². The van der Waals surface area contributed by atoms with Crippen LogP contribution in [0.5, 0.6) is 0 Å². The molecule has 9 nitrogen and oxygen atoms in total. The van der Waals surface area contributed by atoms with Gasteiger partial charge in [0, 0.05) is 46.2 Å². The highest BCUT2D eigenvalue weighted by Gasteiger charge is 1.96.